The average molecular weight is 301 g/mol. The van der Waals surface area contributed by atoms with Crippen LogP contribution in [-0.2, 0) is 0 Å². The van der Waals surface area contributed by atoms with E-state index in [2.05, 4.69) is 54.6 Å². The second kappa shape index (κ2) is 5.08. The highest BCUT2D eigenvalue weighted by molar-refractivity contribution is 7.80. The fourth-order valence-electron chi connectivity index (χ4n) is 3.09. The molecule has 0 aliphatic carbocycles. The van der Waals surface area contributed by atoms with Crippen molar-refractivity contribution in [1.82, 2.24) is 0 Å². The van der Waals surface area contributed by atoms with Gasteiger partial charge in [0.15, 0.2) is 0 Å². The van der Waals surface area contributed by atoms with Crippen LogP contribution in [0.15, 0.2) is 77.7 Å². The summed E-state index contributed by atoms with van der Waals surface area (Å²) < 4.78 is 0. The zero-order chi connectivity index (χ0) is 15.1. The summed E-state index contributed by atoms with van der Waals surface area (Å²) in [6, 6.07) is 24.9. The van der Waals surface area contributed by atoms with Gasteiger partial charge in [-0.2, -0.15) is 0 Å². The molecule has 0 heterocycles. The van der Waals surface area contributed by atoms with Crippen LogP contribution in [0.3, 0.4) is 0 Å². The van der Waals surface area contributed by atoms with E-state index in [1.165, 1.54) is 16.2 Å². The van der Waals surface area contributed by atoms with E-state index in [9.17, 15) is 0 Å². The maximum atomic E-state index is 6.34. The number of anilines is 1. The van der Waals surface area contributed by atoms with Crippen LogP contribution in [-0.4, -0.2) is 0 Å². The lowest BCUT2D eigenvalue weighted by Gasteiger charge is -2.15. The van der Waals surface area contributed by atoms with Crippen LogP contribution in [0.1, 0.15) is 0 Å². The van der Waals surface area contributed by atoms with Crippen LogP contribution < -0.4 is 5.73 Å². The lowest BCUT2D eigenvalue weighted by molar-refractivity contribution is 1.51. The zero-order valence-electron chi connectivity index (χ0n) is 12.0. The molecular formula is C20H15NS. The van der Waals surface area contributed by atoms with Crippen LogP contribution in [0.5, 0.6) is 0 Å². The third-order valence-corrected chi connectivity index (χ3v) is 4.49. The van der Waals surface area contributed by atoms with Gasteiger partial charge in [-0.15, -0.1) is 12.6 Å². The summed E-state index contributed by atoms with van der Waals surface area (Å²) in [5, 5.41) is 4.72. The van der Waals surface area contributed by atoms with E-state index < -0.39 is 0 Å². The van der Waals surface area contributed by atoms with Gasteiger partial charge < -0.3 is 5.73 Å². The third-order valence-electron chi connectivity index (χ3n) is 4.12. The topological polar surface area (TPSA) is 26.0 Å². The quantitative estimate of drug-likeness (QED) is 0.351. The molecular weight excluding hydrogens is 286 g/mol. The van der Waals surface area contributed by atoms with E-state index in [4.69, 9.17) is 18.4 Å². The summed E-state index contributed by atoms with van der Waals surface area (Å²) in [5.41, 5.74) is 9.30. The summed E-state index contributed by atoms with van der Waals surface area (Å²) in [5.74, 6) is 0. The summed E-state index contributed by atoms with van der Waals surface area (Å²) >= 11 is 4.70. The standard InChI is InChI=1S/C20H15NS/c21-17-11-9-13-5-1-3-7-15(13)19(17)20-16-8-4-2-6-14(16)10-12-18(20)22/h1-12,22H,21H2. The SMILES string of the molecule is Nc1ccc2ccccc2c1-c1c(S)ccc2ccccc12. The molecule has 0 aliphatic heterocycles. The van der Waals surface area contributed by atoms with E-state index >= 15 is 0 Å². The molecule has 0 aromatic heterocycles. The highest BCUT2D eigenvalue weighted by Gasteiger charge is 2.13. The normalized spacial score (nSPS) is 11.1. The van der Waals surface area contributed by atoms with Crippen molar-refractivity contribution < 1.29 is 0 Å². The van der Waals surface area contributed by atoms with Crippen LogP contribution >= 0.6 is 12.6 Å². The molecule has 0 radical (unpaired) electrons. The maximum absolute atomic E-state index is 6.34. The monoisotopic (exact) mass is 301 g/mol. The first kappa shape index (κ1) is 13.2. The average Bonchev–Trinajstić information content (AvgIpc) is 2.56. The van der Waals surface area contributed by atoms with Gasteiger partial charge in [-0.3, -0.25) is 0 Å². The fourth-order valence-corrected chi connectivity index (χ4v) is 3.40. The number of nitrogen functional groups attached to an aromatic ring is 1. The molecule has 4 aromatic rings. The van der Waals surface area contributed by atoms with E-state index in [-0.39, 0.29) is 0 Å². The van der Waals surface area contributed by atoms with Crippen molar-refractivity contribution in [2.75, 3.05) is 5.73 Å². The maximum Gasteiger partial charge on any atom is 0.0400 e. The third kappa shape index (κ3) is 1.96. The first-order valence-corrected chi connectivity index (χ1v) is 7.69. The molecule has 22 heavy (non-hydrogen) atoms. The van der Waals surface area contributed by atoms with E-state index in [0.29, 0.717) is 0 Å². The van der Waals surface area contributed by atoms with Crippen LogP contribution in [0.2, 0.25) is 0 Å². The number of nitrogens with two attached hydrogens (primary N) is 1. The van der Waals surface area contributed by atoms with Gasteiger partial charge >= 0.3 is 0 Å². The predicted octanol–water partition coefficient (Wildman–Crippen LogP) is 5.53. The van der Waals surface area contributed by atoms with Crippen molar-refractivity contribution in [3.05, 3.63) is 72.8 Å². The molecule has 4 rings (SSSR count). The molecule has 2 N–H and O–H groups in total. The van der Waals surface area contributed by atoms with Crippen molar-refractivity contribution in [2.45, 2.75) is 4.90 Å². The van der Waals surface area contributed by atoms with E-state index in [0.717, 1.165) is 27.1 Å². The highest BCUT2D eigenvalue weighted by Crippen LogP contribution is 2.41. The number of fused-ring (bicyclic) bond motifs is 2. The summed E-state index contributed by atoms with van der Waals surface area (Å²) in [6.45, 7) is 0. The summed E-state index contributed by atoms with van der Waals surface area (Å²) in [4.78, 5) is 0.946. The molecule has 1 nitrogen and oxygen atoms in total. The molecule has 0 bridgehead atoms. The Labute approximate surface area is 134 Å². The largest absolute Gasteiger partial charge is 0.398 e. The van der Waals surface area contributed by atoms with Gasteiger partial charge in [0, 0.05) is 21.7 Å². The number of thiol groups is 1. The van der Waals surface area contributed by atoms with Crippen LogP contribution in [0.25, 0.3) is 32.7 Å². The van der Waals surface area contributed by atoms with Crippen molar-refractivity contribution in [3.63, 3.8) is 0 Å². The Bertz CT molecular complexity index is 922. The summed E-state index contributed by atoms with van der Waals surface area (Å²) in [6.07, 6.45) is 0. The number of benzene rings is 4. The molecule has 0 spiro atoms. The minimum absolute atomic E-state index is 0.783. The minimum Gasteiger partial charge on any atom is -0.398 e. The first-order valence-electron chi connectivity index (χ1n) is 7.24. The molecule has 0 fully saturated rings. The fraction of sp³-hybridized carbons (Fsp3) is 0. The van der Waals surface area contributed by atoms with Crippen molar-refractivity contribution in [2.24, 2.45) is 0 Å². The Morgan fingerprint density at radius 1 is 0.591 bits per heavy atom. The molecule has 0 saturated carbocycles. The number of rotatable bonds is 1. The smallest absolute Gasteiger partial charge is 0.0400 e. The van der Waals surface area contributed by atoms with Crippen molar-refractivity contribution >= 4 is 39.9 Å². The van der Waals surface area contributed by atoms with Gasteiger partial charge in [-0.05, 0) is 33.7 Å². The van der Waals surface area contributed by atoms with Gasteiger partial charge in [-0.1, -0.05) is 60.7 Å². The van der Waals surface area contributed by atoms with E-state index in [1.54, 1.807) is 0 Å². The first-order chi connectivity index (χ1) is 10.8. The molecule has 4 aromatic carbocycles. The van der Waals surface area contributed by atoms with Gasteiger partial charge in [0.2, 0.25) is 0 Å². The van der Waals surface area contributed by atoms with Crippen LogP contribution in [0, 0.1) is 0 Å². The van der Waals surface area contributed by atoms with E-state index in [1.807, 2.05) is 18.2 Å². The Hall–Kier alpha value is -2.45. The molecule has 0 atom stereocenters. The van der Waals surface area contributed by atoms with Gasteiger partial charge in [0.05, 0.1) is 0 Å². The Balaban J connectivity index is 2.21. The molecule has 0 unspecified atom stereocenters. The van der Waals surface area contributed by atoms with Gasteiger partial charge in [0.25, 0.3) is 0 Å². The van der Waals surface area contributed by atoms with Gasteiger partial charge in [0.1, 0.15) is 0 Å². The number of hydrogen-bond acceptors (Lipinski definition) is 2. The predicted molar refractivity (Wildman–Crippen MR) is 98.6 cm³/mol. The molecule has 0 aliphatic rings. The van der Waals surface area contributed by atoms with Gasteiger partial charge in [-0.25, -0.2) is 0 Å². The number of hydrogen-bond donors (Lipinski definition) is 2. The Morgan fingerprint density at radius 3 is 1.82 bits per heavy atom. The summed E-state index contributed by atoms with van der Waals surface area (Å²) in [7, 11) is 0. The Morgan fingerprint density at radius 2 is 1.14 bits per heavy atom. The molecule has 0 saturated heterocycles. The highest BCUT2D eigenvalue weighted by atomic mass is 32.1. The molecule has 0 amide bonds. The minimum atomic E-state index is 0.783. The second-order valence-electron chi connectivity index (χ2n) is 5.43. The van der Waals surface area contributed by atoms with Crippen molar-refractivity contribution in [3.8, 4) is 11.1 Å². The second-order valence-corrected chi connectivity index (χ2v) is 5.91. The van der Waals surface area contributed by atoms with Crippen molar-refractivity contribution in [1.29, 1.82) is 0 Å². The molecule has 106 valence electrons. The van der Waals surface area contributed by atoms with Crippen LogP contribution in [0.4, 0.5) is 5.69 Å². The molecule has 2 heteroatoms. The zero-order valence-corrected chi connectivity index (χ0v) is 12.8. The lowest BCUT2D eigenvalue weighted by atomic mass is 9.92. The Kier molecular flexibility index (Phi) is 3.05. The lowest BCUT2D eigenvalue weighted by Crippen LogP contribution is -1.93.